The van der Waals surface area contributed by atoms with Crippen molar-refractivity contribution in [2.45, 2.75) is 87.6 Å². The van der Waals surface area contributed by atoms with E-state index < -0.39 is 15.1 Å². The molecular weight excluding hydrogens is 600 g/mol. The largest absolute Gasteiger partial charge is 0.488 e. The molecule has 44 heavy (non-hydrogen) atoms. The van der Waals surface area contributed by atoms with Gasteiger partial charge in [-0.05, 0) is 103 Å². The Labute approximate surface area is 266 Å². The molecule has 11 nitrogen and oxygen atoms in total. The molecule has 3 aromatic rings. The summed E-state index contributed by atoms with van der Waals surface area (Å²) in [5.41, 5.74) is 3.63. The number of nitrogens with zero attached hydrogens (tertiary/aromatic N) is 5. The summed E-state index contributed by atoms with van der Waals surface area (Å²) in [6.45, 7) is 7.47. The van der Waals surface area contributed by atoms with Crippen molar-refractivity contribution in [2.75, 3.05) is 37.8 Å². The quantitative estimate of drug-likeness (QED) is 0.218. The van der Waals surface area contributed by atoms with Crippen molar-refractivity contribution in [2.24, 2.45) is 7.05 Å². The van der Waals surface area contributed by atoms with E-state index in [0.717, 1.165) is 50.2 Å². The van der Waals surface area contributed by atoms with Gasteiger partial charge in [-0.1, -0.05) is 11.6 Å². The first-order valence-corrected chi connectivity index (χ1v) is 17.4. The van der Waals surface area contributed by atoms with E-state index in [4.69, 9.17) is 16.3 Å². The van der Waals surface area contributed by atoms with Crippen LogP contribution in [0, 0.1) is 6.92 Å². The molecule has 240 valence electrons. The van der Waals surface area contributed by atoms with Crippen molar-refractivity contribution in [3.8, 4) is 5.75 Å². The molecule has 1 aromatic carbocycles. The van der Waals surface area contributed by atoms with Crippen LogP contribution >= 0.6 is 11.6 Å². The fraction of sp³-hybridized carbons (Fsp3) is 0.581. The van der Waals surface area contributed by atoms with Crippen molar-refractivity contribution >= 4 is 44.6 Å². The molecule has 5 rings (SSSR count). The van der Waals surface area contributed by atoms with E-state index in [2.05, 4.69) is 69.1 Å². The number of ether oxygens (including phenoxy) is 1. The lowest BCUT2D eigenvalue weighted by atomic mass is 9.80. The van der Waals surface area contributed by atoms with Gasteiger partial charge in [-0.2, -0.15) is 10.1 Å². The Morgan fingerprint density at radius 2 is 1.82 bits per heavy atom. The predicted molar refractivity (Wildman–Crippen MR) is 176 cm³/mol. The van der Waals surface area contributed by atoms with Gasteiger partial charge in [0.25, 0.3) is 0 Å². The highest BCUT2D eigenvalue weighted by molar-refractivity contribution is 7.92. The van der Waals surface area contributed by atoms with Crippen molar-refractivity contribution in [3.05, 3.63) is 40.7 Å². The smallest absolute Gasteiger partial charge is 0.229 e. The van der Waals surface area contributed by atoms with E-state index >= 15 is 0 Å². The lowest BCUT2D eigenvalue weighted by Crippen LogP contribution is -2.37. The zero-order valence-electron chi connectivity index (χ0n) is 26.5. The number of aryl methyl sites for hydroxylation is 2. The van der Waals surface area contributed by atoms with E-state index in [1.807, 2.05) is 0 Å². The van der Waals surface area contributed by atoms with Crippen LogP contribution in [0.5, 0.6) is 5.75 Å². The van der Waals surface area contributed by atoms with Crippen LogP contribution in [-0.2, 0) is 16.9 Å². The maximum absolute atomic E-state index is 12.9. The first kappa shape index (κ1) is 32.5. The minimum Gasteiger partial charge on any atom is -0.488 e. The van der Waals surface area contributed by atoms with Gasteiger partial charge in [0.2, 0.25) is 20.8 Å². The number of aromatic nitrogens is 4. The van der Waals surface area contributed by atoms with Gasteiger partial charge in [0.15, 0.2) is 5.82 Å². The van der Waals surface area contributed by atoms with E-state index in [1.54, 1.807) is 27.1 Å². The number of anilines is 4. The number of sulfone groups is 1. The van der Waals surface area contributed by atoms with Crippen LogP contribution in [0.15, 0.2) is 29.6 Å². The summed E-state index contributed by atoms with van der Waals surface area (Å²) in [4.78, 5) is 11.2. The fourth-order valence-corrected chi connectivity index (χ4v) is 6.79. The Bertz CT molecular complexity index is 1560. The zero-order valence-corrected chi connectivity index (χ0v) is 28.1. The van der Waals surface area contributed by atoms with Gasteiger partial charge in [-0.3, -0.25) is 4.68 Å². The van der Waals surface area contributed by atoms with Gasteiger partial charge < -0.3 is 25.6 Å². The maximum atomic E-state index is 12.9. The summed E-state index contributed by atoms with van der Waals surface area (Å²) >= 11 is 6.45. The molecule has 2 fully saturated rings. The topological polar surface area (TPSA) is 126 Å². The summed E-state index contributed by atoms with van der Waals surface area (Å²) in [7, 11) is 2.25. The molecule has 2 aliphatic rings. The van der Waals surface area contributed by atoms with Gasteiger partial charge in [-0.25, -0.2) is 13.4 Å². The van der Waals surface area contributed by atoms with Crippen LogP contribution in [0.2, 0.25) is 5.02 Å². The average Bonchev–Trinajstić information content (AvgIpc) is 3.71. The molecule has 0 saturated heterocycles. The highest BCUT2D eigenvalue weighted by atomic mass is 35.5. The molecule has 0 amide bonds. The third-order valence-corrected chi connectivity index (χ3v) is 10.6. The number of nitrogens with one attached hydrogen (secondary N) is 3. The van der Waals surface area contributed by atoms with Gasteiger partial charge in [0.05, 0.1) is 28.9 Å². The first-order valence-electron chi connectivity index (χ1n) is 15.4. The van der Waals surface area contributed by atoms with E-state index in [0.29, 0.717) is 23.6 Å². The van der Waals surface area contributed by atoms with Crippen molar-refractivity contribution in [1.82, 2.24) is 30.0 Å². The fourth-order valence-electron chi connectivity index (χ4n) is 5.56. The van der Waals surface area contributed by atoms with Crippen molar-refractivity contribution in [3.63, 3.8) is 0 Å². The second-order valence-corrected chi connectivity index (χ2v) is 15.4. The standard InChI is InChI=1S/C31H45ClN8O3S/c1-19(2)44(41,42)30-27(18-40(6)38-30)35-29-25(32)17-34-31(37-29)36-26-15-20(3)24(16-28(26)43-23-11-12-23)21-7-9-22(10-8-21)33-13-14-39(4)5/h15-19,21-23,33H,7-14H2,1-6H3,(H2,34,35,36,37)/t21-,22-. The van der Waals surface area contributed by atoms with Crippen LogP contribution in [0.25, 0.3) is 0 Å². The summed E-state index contributed by atoms with van der Waals surface area (Å²) in [5.74, 6) is 1.87. The van der Waals surface area contributed by atoms with Crippen LogP contribution in [0.3, 0.4) is 0 Å². The van der Waals surface area contributed by atoms with Crippen LogP contribution < -0.4 is 20.7 Å². The molecule has 2 aliphatic carbocycles. The minimum absolute atomic E-state index is 0.0519. The number of likely N-dealkylation sites (N-methyl/N-ethyl adjacent to an activating group) is 1. The zero-order chi connectivity index (χ0) is 31.6. The van der Waals surface area contributed by atoms with Gasteiger partial charge >= 0.3 is 0 Å². The number of hydrogen-bond acceptors (Lipinski definition) is 10. The molecule has 0 aliphatic heterocycles. The van der Waals surface area contributed by atoms with E-state index in [9.17, 15) is 8.42 Å². The van der Waals surface area contributed by atoms with Crippen LogP contribution in [0.1, 0.15) is 69.4 Å². The third kappa shape index (κ3) is 7.82. The summed E-state index contributed by atoms with van der Waals surface area (Å²) < 4.78 is 33.7. The first-order chi connectivity index (χ1) is 20.9. The number of halogens is 1. The molecule has 0 spiro atoms. The van der Waals surface area contributed by atoms with Crippen molar-refractivity contribution < 1.29 is 13.2 Å². The molecule has 2 aromatic heterocycles. The number of benzene rings is 1. The third-order valence-electron chi connectivity index (χ3n) is 8.27. The highest BCUT2D eigenvalue weighted by Crippen LogP contribution is 2.41. The molecule has 0 atom stereocenters. The van der Waals surface area contributed by atoms with Gasteiger partial charge in [-0.15, -0.1) is 0 Å². The monoisotopic (exact) mass is 644 g/mol. The van der Waals surface area contributed by atoms with Crippen LogP contribution in [0.4, 0.5) is 23.1 Å². The summed E-state index contributed by atoms with van der Waals surface area (Å²) in [6.07, 6.45) is 10.0. The molecule has 3 N–H and O–H groups in total. The Kier molecular flexibility index (Phi) is 10.0. The predicted octanol–water partition coefficient (Wildman–Crippen LogP) is 5.56. The summed E-state index contributed by atoms with van der Waals surface area (Å²) in [5, 5.41) is 13.9. The Hall–Kier alpha value is -2.93. The molecule has 0 unspecified atom stereocenters. The molecular formula is C31H45ClN8O3S. The molecule has 0 radical (unpaired) electrons. The average molecular weight is 645 g/mol. The number of hydrogen-bond donors (Lipinski definition) is 3. The van der Waals surface area contributed by atoms with E-state index in [1.165, 1.54) is 34.8 Å². The van der Waals surface area contributed by atoms with E-state index in [-0.39, 0.29) is 22.0 Å². The van der Waals surface area contributed by atoms with Gasteiger partial charge in [0, 0.05) is 32.4 Å². The van der Waals surface area contributed by atoms with Crippen molar-refractivity contribution in [1.29, 1.82) is 0 Å². The maximum Gasteiger partial charge on any atom is 0.229 e. The molecule has 2 saturated carbocycles. The molecule has 2 heterocycles. The lowest BCUT2D eigenvalue weighted by Gasteiger charge is -2.31. The lowest BCUT2D eigenvalue weighted by molar-refractivity contribution is 0.302. The highest BCUT2D eigenvalue weighted by Gasteiger charge is 2.29. The second kappa shape index (κ2) is 13.6. The number of rotatable bonds is 13. The normalized spacial score (nSPS) is 19.0. The van der Waals surface area contributed by atoms with Gasteiger partial charge in [0.1, 0.15) is 10.8 Å². The molecule has 13 heteroatoms. The van der Waals surface area contributed by atoms with Crippen LogP contribution in [-0.4, -0.2) is 77.6 Å². The Balaban J connectivity index is 1.35. The molecule has 0 bridgehead atoms. The second-order valence-electron chi connectivity index (χ2n) is 12.6. The summed E-state index contributed by atoms with van der Waals surface area (Å²) in [6, 6.07) is 4.90. The Morgan fingerprint density at radius 3 is 2.48 bits per heavy atom. The Morgan fingerprint density at radius 1 is 1.09 bits per heavy atom. The SMILES string of the molecule is Cc1cc(Nc2ncc(Cl)c(Nc3cn(C)nc3S(=O)(=O)C(C)C)n2)c(OC2CC2)cc1[C@H]1CC[C@H](NCCN(C)C)CC1. The minimum atomic E-state index is -3.64.